The molecule has 4 nitrogen and oxygen atoms in total. The molecular weight excluding hydrogens is 216 g/mol. The maximum Gasteiger partial charge on any atom is 0.140 e. The number of aryl methyl sites for hydroxylation is 1. The van der Waals surface area contributed by atoms with Crippen LogP contribution in [0.2, 0.25) is 0 Å². The van der Waals surface area contributed by atoms with Crippen molar-refractivity contribution in [2.24, 2.45) is 5.84 Å². The highest BCUT2D eigenvalue weighted by molar-refractivity contribution is 5.73. The van der Waals surface area contributed by atoms with Crippen LogP contribution in [0.1, 0.15) is 5.56 Å². The Bertz CT molecular complexity index is 520. The summed E-state index contributed by atoms with van der Waals surface area (Å²) in [4.78, 5) is 0. The van der Waals surface area contributed by atoms with Crippen LogP contribution in [0.25, 0.3) is 0 Å². The number of anilines is 2. The summed E-state index contributed by atoms with van der Waals surface area (Å²) in [6.45, 7) is 1.84. The zero-order chi connectivity index (χ0) is 12.4. The van der Waals surface area contributed by atoms with E-state index in [9.17, 15) is 10.2 Å². The summed E-state index contributed by atoms with van der Waals surface area (Å²) in [5.74, 6) is 6.08. The monoisotopic (exact) mass is 230 g/mol. The fourth-order valence-corrected chi connectivity index (χ4v) is 1.75. The Morgan fingerprint density at radius 3 is 2.24 bits per heavy atom. The normalized spacial score (nSPS) is 10.2. The predicted octanol–water partition coefficient (Wildman–Crippen LogP) is 2.42. The second-order valence-electron chi connectivity index (χ2n) is 3.80. The molecular formula is C13H14N2O2. The van der Waals surface area contributed by atoms with Crippen LogP contribution in [0.3, 0.4) is 0 Å². The standard InChI is InChI=1S/C13H14N2O2/c1-9-5-4-8-12(17)13(9)15(14)10-6-2-3-7-11(10)16/h2-8,16-17H,14H2,1H3. The quantitative estimate of drug-likeness (QED) is 0.547. The smallest absolute Gasteiger partial charge is 0.140 e. The molecule has 0 fully saturated rings. The molecule has 4 N–H and O–H groups in total. The Balaban J connectivity index is 2.51. The van der Waals surface area contributed by atoms with Crippen LogP contribution in [0.4, 0.5) is 11.4 Å². The average Bonchev–Trinajstić information content (AvgIpc) is 2.29. The Kier molecular flexibility index (Phi) is 2.89. The van der Waals surface area contributed by atoms with Gasteiger partial charge in [0.05, 0.1) is 5.69 Å². The lowest BCUT2D eigenvalue weighted by atomic mass is 10.1. The van der Waals surface area contributed by atoms with Crippen LogP contribution in [-0.4, -0.2) is 10.2 Å². The fraction of sp³-hybridized carbons (Fsp3) is 0.0769. The van der Waals surface area contributed by atoms with Crippen LogP contribution in [0.5, 0.6) is 11.5 Å². The predicted molar refractivity (Wildman–Crippen MR) is 67.3 cm³/mol. The van der Waals surface area contributed by atoms with Crippen LogP contribution < -0.4 is 10.9 Å². The van der Waals surface area contributed by atoms with Gasteiger partial charge >= 0.3 is 0 Å². The molecule has 2 aromatic rings. The van der Waals surface area contributed by atoms with Gasteiger partial charge in [0.25, 0.3) is 0 Å². The summed E-state index contributed by atoms with van der Waals surface area (Å²) in [6.07, 6.45) is 0. The van der Waals surface area contributed by atoms with Crippen LogP contribution in [0.15, 0.2) is 42.5 Å². The first-order valence-electron chi connectivity index (χ1n) is 5.22. The first-order valence-corrected chi connectivity index (χ1v) is 5.22. The zero-order valence-electron chi connectivity index (χ0n) is 9.46. The summed E-state index contributed by atoms with van der Waals surface area (Å²) in [5.41, 5.74) is 1.75. The van der Waals surface area contributed by atoms with Gasteiger partial charge in [-0.2, -0.15) is 0 Å². The topological polar surface area (TPSA) is 69.7 Å². The molecule has 88 valence electrons. The molecule has 0 saturated heterocycles. The van der Waals surface area contributed by atoms with E-state index in [1.54, 1.807) is 36.4 Å². The van der Waals surface area contributed by atoms with Gasteiger partial charge in [-0.1, -0.05) is 24.3 Å². The SMILES string of the molecule is Cc1cccc(O)c1N(N)c1ccccc1O. The number of hydrogen-bond acceptors (Lipinski definition) is 4. The van der Waals surface area contributed by atoms with Crippen LogP contribution in [-0.2, 0) is 0 Å². The molecule has 0 aromatic heterocycles. The molecule has 0 spiro atoms. The lowest BCUT2D eigenvalue weighted by molar-refractivity contribution is 0.470. The van der Waals surface area contributed by atoms with Gasteiger partial charge in [0.2, 0.25) is 0 Å². The molecule has 17 heavy (non-hydrogen) atoms. The Morgan fingerprint density at radius 1 is 0.941 bits per heavy atom. The second kappa shape index (κ2) is 4.35. The van der Waals surface area contributed by atoms with Gasteiger partial charge in [0, 0.05) is 0 Å². The molecule has 0 radical (unpaired) electrons. The second-order valence-corrected chi connectivity index (χ2v) is 3.80. The Labute approximate surface area is 99.5 Å². The first kappa shape index (κ1) is 11.3. The molecule has 0 atom stereocenters. The highest BCUT2D eigenvalue weighted by atomic mass is 16.3. The number of phenolic OH excluding ortho intramolecular Hbond substituents is 2. The van der Waals surface area contributed by atoms with E-state index >= 15 is 0 Å². The van der Waals surface area contributed by atoms with Crippen molar-refractivity contribution in [3.63, 3.8) is 0 Å². The number of aromatic hydroxyl groups is 2. The van der Waals surface area contributed by atoms with E-state index in [1.165, 1.54) is 5.01 Å². The molecule has 0 bridgehead atoms. The number of hydrogen-bond donors (Lipinski definition) is 3. The van der Waals surface area contributed by atoms with Gasteiger partial charge in [-0.3, -0.25) is 5.01 Å². The van der Waals surface area contributed by atoms with Crippen molar-refractivity contribution in [3.8, 4) is 11.5 Å². The molecule has 0 amide bonds. The van der Waals surface area contributed by atoms with Gasteiger partial charge in [-0.15, -0.1) is 0 Å². The minimum atomic E-state index is 0.0673. The molecule has 0 aliphatic carbocycles. The number of para-hydroxylation sites is 3. The maximum atomic E-state index is 9.81. The van der Waals surface area contributed by atoms with Crippen molar-refractivity contribution >= 4 is 11.4 Å². The van der Waals surface area contributed by atoms with Gasteiger partial charge < -0.3 is 10.2 Å². The molecule has 0 unspecified atom stereocenters. The lowest BCUT2D eigenvalue weighted by Crippen LogP contribution is -2.25. The van der Waals surface area contributed by atoms with E-state index in [-0.39, 0.29) is 11.5 Å². The molecule has 0 aliphatic rings. The Morgan fingerprint density at radius 2 is 1.59 bits per heavy atom. The van der Waals surface area contributed by atoms with E-state index in [1.807, 2.05) is 13.0 Å². The highest BCUT2D eigenvalue weighted by Gasteiger charge is 2.14. The summed E-state index contributed by atoms with van der Waals surface area (Å²) >= 11 is 0. The molecule has 0 saturated carbocycles. The Hall–Kier alpha value is -2.20. The summed E-state index contributed by atoms with van der Waals surface area (Å²) in [5, 5.41) is 20.8. The van der Waals surface area contributed by atoms with E-state index < -0.39 is 0 Å². The number of hydrazine groups is 1. The fourth-order valence-electron chi connectivity index (χ4n) is 1.75. The third-order valence-corrected chi connectivity index (χ3v) is 2.60. The van der Waals surface area contributed by atoms with Crippen molar-refractivity contribution in [3.05, 3.63) is 48.0 Å². The molecule has 2 aromatic carbocycles. The van der Waals surface area contributed by atoms with E-state index in [2.05, 4.69) is 0 Å². The molecule has 0 aliphatic heterocycles. The van der Waals surface area contributed by atoms with Crippen molar-refractivity contribution in [1.29, 1.82) is 0 Å². The van der Waals surface area contributed by atoms with Crippen molar-refractivity contribution in [2.45, 2.75) is 6.92 Å². The van der Waals surface area contributed by atoms with Gasteiger partial charge in [0.15, 0.2) is 0 Å². The number of rotatable bonds is 2. The first-order chi connectivity index (χ1) is 8.11. The highest BCUT2D eigenvalue weighted by Crippen LogP contribution is 2.36. The van der Waals surface area contributed by atoms with E-state index in [0.29, 0.717) is 11.4 Å². The van der Waals surface area contributed by atoms with Crippen LogP contribution in [0, 0.1) is 6.92 Å². The number of benzene rings is 2. The van der Waals surface area contributed by atoms with E-state index in [4.69, 9.17) is 5.84 Å². The summed E-state index contributed by atoms with van der Waals surface area (Å²) < 4.78 is 0. The number of nitrogens with zero attached hydrogens (tertiary/aromatic N) is 1. The van der Waals surface area contributed by atoms with Gasteiger partial charge in [0.1, 0.15) is 17.2 Å². The summed E-state index contributed by atoms with van der Waals surface area (Å²) in [6, 6.07) is 11.9. The van der Waals surface area contributed by atoms with Gasteiger partial charge in [-0.05, 0) is 30.7 Å². The maximum absolute atomic E-state index is 9.81. The lowest BCUT2D eigenvalue weighted by Gasteiger charge is -2.22. The third-order valence-electron chi connectivity index (χ3n) is 2.60. The molecule has 2 rings (SSSR count). The van der Waals surface area contributed by atoms with Gasteiger partial charge in [-0.25, -0.2) is 5.84 Å². The molecule has 0 heterocycles. The number of nitrogens with two attached hydrogens (primary N) is 1. The summed E-state index contributed by atoms with van der Waals surface area (Å²) in [7, 11) is 0. The van der Waals surface area contributed by atoms with Crippen molar-refractivity contribution < 1.29 is 10.2 Å². The van der Waals surface area contributed by atoms with E-state index in [0.717, 1.165) is 5.56 Å². The molecule has 4 heteroatoms. The average molecular weight is 230 g/mol. The zero-order valence-corrected chi connectivity index (χ0v) is 9.46. The van der Waals surface area contributed by atoms with Crippen LogP contribution >= 0.6 is 0 Å². The number of phenols is 2. The van der Waals surface area contributed by atoms with Crippen molar-refractivity contribution in [1.82, 2.24) is 0 Å². The third kappa shape index (κ3) is 2.03. The minimum Gasteiger partial charge on any atom is -0.506 e. The largest absolute Gasteiger partial charge is 0.506 e. The van der Waals surface area contributed by atoms with Crippen molar-refractivity contribution in [2.75, 3.05) is 5.01 Å². The minimum absolute atomic E-state index is 0.0673.